The molecule has 0 aliphatic heterocycles. The van der Waals surface area contributed by atoms with E-state index < -0.39 is 6.04 Å². The van der Waals surface area contributed by atoms with Crippen molar-refractivity contribution >= 4 is 22.6 Å². The number of benzene rings is 1. The van der Waals surface area contributed by atoms with Crippen LogP contribution >= 0.6 is 0 Å². The summed E-state index contributed by atoms with van der Waals surface area (Å²) in [5.74, 6) is -0.271. The van der Waals surface area contributed by atoms with Crippen molar-refractivity contribution in [3.63, 3.8) is 0 Å². The number of rotatable bonds is 4. The Morgan fingerprint density at radius 2 is 2.39 bits per heavy atom. The number of carbonyl (C=O) groups is 1. The minimum absolute atomic E-state index is 0.192. The van der Waals surface area contributed by atoms with Crippen molar-refractivity contribution in [1.82, 2.24) is 9.55 Å². The number of anilines is 1. The molecule has 0 saturated carbocycles. The third kappa shape index (κ3) is 2.49. The van der Waals surface area contributed by atoms with Gasteiger partial charge in [0.15, 0.2) is 0 Å². The van der Waals surface area contributed by atoms with Crippen LogP contribution in [0.25, 0.3) is 11.0 Å². The minimum Gasteiger partial charge on any atom is -0.383 e. The zero-order valence-electron chi connectivity index (χ0n) is 10.4. The molecule has 96 valence electrons. The maximum absolute atomic E-state index is 11.7. The van der Waals surface area contributed by atoms with E-state index in [1.54, 1.807) is 6.33 Å². The topological polar surface area (TPSA) is 82.2 Å². The monoisotopic (exact) mass is 248 g/mol. The number of aromatic nitrogens is 2. The predicted octanol–water partition coefficient (Wildman–Crippen LogP) is 0.485. The second-order valence-corrected chi connectivity index (χ2v) is 4.11. The van der Waals surface area contributed by atoms with E-state index in [0.29, 0.717) is 5.69 Å². The number of fused-ring (bicyclic) bond motifs is 1. The van der Waals surface area contributed by atoms with Crippen LogP contribution in [0.4, 0.5) is 5.69 Å². The molecule has 1 amide bonds. The molecule has 0 spiro atoms. The molecule has 0 saturated heterocycles. The van der Waals surface area contributed by atoms with E-state index in [2.05, 4.69) is 10.3 Å². The average Bonchev–Trinajstić information content (AvgIpc) is 2.71. The lowest BCUT2D eigenvalue weighted by atomic mass is 10.2. The van der Waals surface area contributed by atoms with Gasteiger partial charge in [-0.15, -0.1) is 0 Å². The first-order valence-corrected chi connectivity index (χ1v) is 5.58. The molecule has 0 bridgehead atoms. The van der Waals surface area contributed by atoms with E-state index in [4.69, 9.17) is 10.5 Å². The predicted molar refractivity (Wildman–Crippen MR) is 69.2 cm³/mol. The van der Waals surface area contributed by atoms with E-state index in [1.165, 1.54) is 7.11 Å². The zero-order chi connectivity index (χ0) is 13.1. The number of nitrogens with one attached hydrogen (secondary N) is 1. The van der Waals surface area contributed by atoms with Crippen LogP contribution in [-0.4, -0.2) is 35.2 Å². The van der Waals surface area contributed by atoms with Gasteiger partial charge in [-0.2, -0.15) is 0 Å². The van der Waals surface area contributed by atoms with Crippen LogP contribution in [0.3, 0.4) is 0 Å². The molecule has 2 rings (SSSR count). The van der Waals surface area contributed by atoms with Gasteiger partial charge in [-0.1, -0.05) is 0 Å². The third-order valence-electron chi connectivity index (χ3n) is 2.68. The van der Waals surface area contributed by atoms with Crippen molar-refractivity contribution in [2.24, 2.45) is 12.8 Å². The first kappa shape index (κ1) is 12.5. The summed E-state index contributed by atoms with van der Waals surface area (Å²) in [5, 5.41) is 2.73. The van der Waals surface area contributed by atoms with Crippen molar-refractivity contribution in [2.75, 3.05) is 19.0 Å². The van der Waals surface area contributed by atoms with Gasteiger partial charge in [-0.05, 0) is 18.2 Å². The zero-order valence-corrected chi connectivity index (χ0v) is 10.4. The lowest BCUT2D eigenvalue weighted by Gasteiger charge is -2.11. The Balaban J connectivity index is 2.14. The Morgan fingerprint density at radius 3 is 3.11 bits per heavy atom. The average molecular weight is 248 g/mol. The van der Waals surface area contributed by atoms with E-state index in [9.17, 15) is 4.79 Å². The van der Waals surface area contributed by atoms with Gasteiger partial charge >= 0.3 is 0 Å². The lowest BCUT2D eigenvalue weighted by molar-refractivity contribution is -0.118. The Hall–Kier alpha value is -1.92. The Kier molecular flexibility index (Phi) is 3.59. The number of imidazole rings is 1. The molecule has 3 N–H and O–H groups in total. The number of hydrogen-bond acceptors (Lipinski definition) is 4. The molecule has 2 aromatic rings. The van der Waals surface area contributed by atoms with Crippen molar-refractivity contribution in [3.8, 4) is 0 Å². The first-order chi connectivity index (χ1) is 8.61. The van der Waals surface area contributed by atoms with Gasteiger partial charge in [-0.3, -0.25) is 4.79 Å². The highest BCUT2D eigenvalue weighted by molar-refractivity contribution is 5.96. The number of amides is 1. The molecule has 1 aromatic carbocycles. The summed E-state index contributed by atoms with van der Waals surface area (Å²) in [5.41, 5.74) is 8.15. The minimum atomic E-state index is -0.672. The Bertz CT molecular complexity index is 564. The Morgan fingerprint density at radius 1 is 1.61 bits per heavy atom. The maximum Gasteiger partial charge on any atom is 0.243 e. The largest absolute Gasteiger partial charge is 0.383 e. The van der Waals surface area contributed by atoms with Crippen LogP contribution in [0.1, 0.15) is 0 Å². The van der Waals surface area contributed by atoms with Crippen LogP contribution in [0.15, 0.2) is 24.5 Å². The number of nitrogens with two attached hydrogens (primary N) is 1. The summed E-state index contributed by atoms with van der Waals surface area (Å²) >= 11 is 0. The highest BCUT2D eigenvalue weighted by Gasteiger charge is 2.13. The molecule has 1 heterocycles. The van der Waals surface area contributed by atoms with Crippen LogP contribution in [0, 0.1) is 0 Å². The fourth-order valence-corrected chi connectivity index (χ4v) is 1.70. The third-order valence-corrected chi connectivity index (χ3v) is 2.68. The number of methoxy groups -OCH3 is 1. The Labute approximate surface area is 105 Å². The molecule has 1 atom stereocenters. The summed E-state index contributed by atoms with van der Waals surface area (Å²) in [6.45, 7) is 0.192. The summed E-state index contributed by atoms with van der Waals surface area (Å²) in [7, 11) is 3.43. The molecular weight excluding hydrogens is 232 g/mol. The van der Waals surface area contributed by atoms with E-state index in [-0.39, 0.29) is 12.5 Å². The molecule has 6 nitrogen and oxygen atoms in total. The van der Waals surface area contributed by atoms with E-state index in [1.807, 2.05) is 29.8 Å². The maximum atomic E-state index is 11.7. The SMILES string of the molecule is COCC(N)C(=O)Nc1ccc2c(c1)ncn2C. The normalized spacial score (nSPS) is 12.6. The second-order valence-electron chi connectivity index (χ2n) is 4.11. The molecule has 0 aliphatic rings. The van der Waals surface area contributed by atoms with Gasteiger partial charge in [0, 0.05) is 19.8 Å². The quantitative estimate of drug-likeness (QED) is 0.824. The van der Waals surface area contributed by atoms with Crippen LogP contribution in [0.5, 0.6) is 0 Å². The van der Waals surface area contributed by atoms with Gasteiger partial charge in [0.05, 0.1) is 24.0 Å². The summed E-state index contributed by atoms with van der Waals surface area (Å²) in [6, 6.07) is 4.86. The number of nitrogens with zero attached hydrogens (tertiary/aromatic N) is 2. The second kappa shape index (κ2) is 5.16. The first-order valence-electron chi connectivity index (χ1n) is 5.58. The highest BCUT2D eigenvalue weighted by Crippen LogP contribution is 2.17. The highest BCUT2D eigenvalue weighted by atomic mass is 16.5. The standard InChI is InChI=1S/C12H16N4O2/c1-16-7-14-10-5-8(3-4-11(10)16)15-12(17)9(13)6-18-2/h3-5,7,9H,6,13H2,1-2H3,(H,15,17). The number of aryl methyl sites for hydroxylation is 1. The number of hydrogen-bond donors (Lipinski definition) is 2. The van der Waals surface area contributed by atoms with Crippen molar-refractivity contribution in [3.05, 3.63) is 24.5 Å². The molecule has 0 aliphatic carbocycles. The van der Waals surface area contributed by atoms with Crippen LogP contribution < -0.4 is 11.1 Å². The van der Waals surface area contributed by atoms with Crippen molar-refractivity contribution in [2.45, 2.75) is 6.04 Å². The van der Waals surface area contributed by atoms with Gasteiger partial charge < -0.3 is 20.4 Å². The fraction of sp³-hybridized carbons (Fsp3) is 0.333. The van der Waals surface area contributed by atoms with Crippen molar-refractivity contribution in [1.29, 1.82) is 0 Å². The van der Waals surface area contributed by atoms with Gasteiger partial charge in [0.2, 0.25) is 5.91 Å². The lowest BCUT2D eigenvalue weighted by Crippen LogP contribution is -2.39. The molecular formula is C12H16N4O2. The molecule has 18 heavy (non-hydrogen) atoms. The molecule has 0 fully saturated rings. The molecule has 1 unspecified atom stereocenters. The summed E-state index contributed by atoms with van der Waals surface area (Å²) in [4.78, 5) is 15.9. The number of carbonyl (C=O) groups excluding carboxylic acids is 1. The summed E-state index contributed by atoms with van der Waals surface area (Å²) < 4.78 is 6.75. The number of ether oxygens (including phenoxy) is 1. The van der Waals surface area contributed by atoms with E-state index in [0.717, 1.165) is 11.0 Å². The smallest absolute Gasteiger partial charge is 0.243 e. The van der Waals surface area contributed by atoms with Gasteiger partial charge in [0.1, 0.15) is 6.04 Å². The van der Waals surface area contributed by atoms with Crippen LogP contribution in [-0.2, 0) is 16.6 Å². The molecule has 0 radical (unpaired) electrons. The van der Waals surface area contributed by atoms with Crippen molar-refractivity contribution < 1.29 is 9.53 Å². The van der Waals surface area contributed by atoms with Gasteiger partial charge in [0.25, 0.3) is 0 Å². The van der Waals surface area contributed by atoms with E-state index >= 15 is 0 Å². The molecule has 1 aromatic heterocycles. The summed E-state index contributed by atoms with van der Waals surface area (Å²) in [6.07, 6.45) is 1.73. The van der Waals surface area contributed by atoms with Crippen LogP contribution in [0.2, 0.25) is 0 Å². The fourth-order valence-electron chi connectivity index (χ4n) is 1.70. The van der Waals surface area contributed by atoms with Gasteiger partial charge in [-0.25, -0.2) is 4.98 Å². The molecule has 6 heteroatoms.